The average molecular weight is 337 g/mol. The molecule has 1 saturated carbocycles. The summed E-state index contributed by atoms with van der Waals surface area (Å²) < 4.78 is 0. The standard InChI is InChI=1S/C20H36N2O2/c1-15(2)12-16-13-17(23)22(14-16)20(10-8-6-7-9-11-20)18(24)21-19(3,4)5/h15-16H,6-14H2,1-5H3,(H,21,24). The Morgan fingerprint density at radius 3 is 2.29 bits per heavy atom. The normalized spacial score (nSPS) is 25.0. The van der Waals surface area contributed by atoms with Gasteiger partial charge in [-0.1, -0.05) is 39.5 Å². The number of nitrogens with one attached hydrogen (secondary N) is 1. The van der Waals surface area contributed by atoms with Crippen molar-refractivity contribution in [2.45, 2.75) is 97.1 Å². The van der Waals surface area contributed by atoms with Crippen LogP contribution in [0.4, 0.5) is 0 Å². The molecule has 24 heavy (non-hydrogen) atoms. The summed E-state index contributed by atoms with van der Waals surface area (Å²) in [7, 11) is 0. The minimum absolute atomic E-state index is 0.0652. The van der Waals surface area contributed by atoms with E-state index >= 15 is 0 Å². The van der Waals surface area contributed by atoms with Crippen LogP contribution in [0.15, 0.2) is 0 Å². The first-order valence-electron chi connectivity index (χ1n) is 9.77. The molecule has 0 aromatic heterocycles. The van der Waals surface area contributed by atoms with Gasteiger partial charge in [0.25, 0.3) is 0 Å². The fourth-order valence-electron chi connectivity index (χ4n) is 4.41. The molecular weight excluding hydrogens is 300 g/mol. The zero-order valence-electron chi connectivity index (χ0n) is 16.3. The lowest BCUT2D eigenvalue weighted by Gasteiger charge is -2.42. The molecule has 1 aliphatic carbocycles. The maximum atomic E-state index is 13.2. The predicted octanol–water partition coefficient (Wildman–Crippen LogP) is 3.89. The molecule has 1 atom stereocenters. The van der Waals surface area contributed by atoms with E-state index < -0.39 is 5.54 Å². The first kappa shape index (κ1) is 19.3. The summed E-state index contributed by atoms with van der Waals surface area (Å²) in [4.78, 5) is 28.0. The molecule has 0 bridgehead atoms. The van der Waals surface area contributed by atoms with Crippen molar-refractivity contribution in [1.82, 2.24) is 10.2 Å². The first-order chi connectivity index (χ1) is 11.1. The topological polar surface area (TPSA) is 49.4 Å². The van der Waals surface area contributed by atoms with Gasteiger partial charge in [0, 0.05) is 18.5 Å². The first-order valence-corrected chi connectivity index (χ1v) is 9.77. The van der Waals surface area contributed by atoms with Gasteiger partial charge >= 0.3 is 0 Å². The van der Waals surface area contributed by atoms with Gasteiger partial charge in [-0.25, -0.2) is 0 Å². The van der Waals surface area contributed by atoms with Crippen molar-refractivity contribution in [2.75, 3.05) is 6.54 Å². The van der Waals surface area contributed by atoms with E-state index in [1.54, 1.807) is 0 Å². The maximum absolute atomic E-state index is 13.2. The Morgan fingerprint density at radius 1 is 1.21 bits per heavy atom. The smallest absolute Gasteiger partial charge is 0.246 e. The number of rotatable bonds is 4. The number of hydrogen-bond acceptors (Lipinski definition) is 2. The van der Waals surface area contributed by atoms with Crippen LogP contribution in [0, 0.1) is 11.8 Å². The van der Waals surface area contributed by atoms with Crippen LogP contribution in [0.3, 0.4) is 0 Å². The largest absolute Gasteiger partial charge is 0.349 e. The van der Waals surface area contributed by atoms with Crippen LogP contribution >= 0.6 is 0 Å². The van der Waals surface area contributed by atoms with Crippen molar-refractivity contribution in [3.05, 3.63) is 0 Å². The Balaban J connectivity index is 2.25. The van der Waals surface area contributed by atoms with E-state index in [-0.39, 0.29) is 17.4 Å². The number of carbonyl (C=O) groups excluding carboxylic acids is 2. The van der Waals surface area contributed by atoms with Crippen LogP contribution in [0.2, 0.25) is 0 Å². The molecule has 4 heteroatoms. The Morgan fingerprint density at radius 2 is 1.79 bits per heavy atom. The molecule has 2 fully saturated rings. The van der Waals surface area contributed by atoms with Gasteiger partial charge in [-0.2, -0.15) is 0 Å². The van der Waals surface area contributed by atoms with E-state index in [0.29, 0.717) is 18.3 Å². The maximum Gasteiger partial charge on any atom is 0.246 e. The number of likely N-dealkylation sites (tertiary alicyclic amines) is 1. The second-order valence-corrected chi connectivity index (χ2v) is 9.35. The lowest BCUT2D eigenvalue weighted by molar-refractivity contribution is -0.146. The molecule has 1 aliphatic heterocycles. The van der Waals surface area contributed by atoms with Crippen LogP contribution in [0.25, 0.3) is 0 Å². The molecule has 0 spiro atoms. The molecule has 2 amide bonds. The Bertz CT molecular complexity index is 457. The summed E-state index contributed by atoms with van der Waals surface area (Å²) in [5.74, 6) is 1.25. The summed E-state index contributed by atoms with van der Waals surface area (Å²) in [6, 6.07) is 0. The van der Waals surface area contributed by atoms with E-state index in [0.717, 1.165) is 38.6 Å². The number of carbonyl (C=O) groups is 2. The third kappa shape index (κ3) is 4.52. The Hall–Kier alpha value is -1.06. The summed E-state index contributed by atoms with van der Waals surface area (Å²) in [6.07, 6.45) is 7.72. The van der Waals surface area contributed by atoms with E-state index in [4.69, 9.17) is 0 Å². The van der Waals surface area contributed by atoms with Crippen LogP contribution in [0.1, 0.15) is 86.0 Å². The average Bonchev–Trinajstić information content (AvgIpc) is 2.67. The second kappa shape index (κ2) is 7.45. The molecule has 138 valence electrons. The molecule has 1 unspecified atom stereocenters. The van der Waals surface area contributed by atoms with Gasteiger partial charge in [0.15, 0.2) is 0 Å². The van der Waals surface area contributed by atoms with Crippen molar-refractivity contribution in [3.8, 4) is 0 Å². The van der Waals surface area contributed by atoms with E-state index in [1.807, 2.05) is 25.7 Å². The lowest BCUT2D eigenvalue weighted by atomic mass is 9.86. The van der Waals surface area contributed by atoms with E-state index in [9.17, 15) is 9.59 Å². The van der Waals surface area contributed by atoms with Gasteiger partial charge in [0.2, 0.25) is 11.8 Å². The van der Waals surface area contributed by atoms with Crippen molar-refractivity contribution in [3.63, 3.8) is 0 Å². The number of amides is 2. The molecule has 4 nitrogen and oxygen atoms in total. The highest BCUT2D eigenvalue weighted by atomic mass is 16.2. The van der Waals surface area contributed by atoms with Gasteiger partial charge in [-0.05, 0) is 51.9 Å². The molecular formula is C20H36N2O2. The van der Waals surface area contributed by atoms with Gasteiger partial charge in [-0.15, -0.1) is 0 Å². The van der Waals surface area contributed by atoms with Crippen LogP contribution in [-0.4, -0.2) is 34.3 Å². The highest BCUT2D eigenvalue weighted by molar-refractivity contribution is 5.92. The monoisotopic (exact) mass is 336 g/mol. The number of nitrogens with zero attached hydrogens (tertiary/aromatic N) is 1. The molecule has 2 aliphatic rings. The zero-order valence-corrected chi connectivity index (χ0v) is 16.3. The SMILES string of the molecule is CC(C)CC1CC(=O)N(C2(C(=O)NC(C)(C)C)CCCCCC2)C1. The zero-order chi connectivity index (χ0) is 18.0. The summed E-state index contributed by atoms with van der Waals surface area (Å²) >= 11 is 0. The molecule has 1 N–H and O–H groups in total. The quantitative estimate of drug-likeness (QED) is 0.792. The molecule has 1 saturated heterocycles. The van der Waals surface area contributed by atoms with Crippen LogP contribution < -0.4 is 5.32 Å². The van der Waals surface area contributed by atoms with Crippen molar-refractivity contribution in [2.24, 2.45) is 11.8 Å². The number of hydrogen-bond donors (Lipinski definition) is 1. The Kier molecular flexibility index (Phi) is 5.98. The van der Waals surface area contributed by atoms with Gasteiger partial charge in [0.05, 0.1) is 0 Å². The van der Waals surface area contributed by atoms with E-state index in [1.165, 1.54) is 12.8 Å². The fourth-order valence-corrected chi connectivity index (χ4v) is 4.41. The Labute approximate surface area is 147 Å². The third-order valence-electron chi connectivity index (χ3n) is 5.37. The van der Waals surface area contributed by atoms with Crippen molar-refractivity contribution in [1.29, 1.82) is 0 Å². The van der Waals surface area contributed by atoms with Gasteiger partial charge < -0.3 is 10.2 Å². The highest BCUT2D eigenvalue weighted by Crippen LogP contribution is 2.38. The predicted molar refractivity (Wildman–Crippen MR) is 97.6 cm³/mol. The van der Waals surface area contributed by atoms with Gasteiger partial charge in [-0.3, -0.25) is 9.59 Å². The fraction of sp³-hybridized carbons (Fsp3) is 0.900. The summed E-state index contributed by atoms with van der Waals surface area (Å²) in [5.41, 5.74) is -0.886. The van der Waals surface area contributed by atoms with E-state index in [2.05, 4.69) is 19.2 Å². The summed E-state index contributed by atoms with van der Waals surface area (Å²) in [6.45, 7) is 11.2. The minimum Gasteiger partial charge on any atom is -0.349 e. The highest BCUT2D eigenvalue weighted by Gasteiger charge is 2.50. The third-order valence-corrected chi connectivity index (χ3v) is 5.37. The van der Waals surface area contributed by atoms with Crippen LogP contribution in [0.5, 0.6) is 0 Å². The van der Waals surface area contributed by atoms with Crippen LogP contribution in [-0.2, 0) is 9.59 Å². The second-order valence-electron chi connectivity index (χ2n) is 9.35. The lowest BCUT2D eigenvalue weighted by Crippen LogP contribution is -2.62. The molecule has 2 rings (SSSR count). The summed E-state index contributed by atoms with van der Waals surface area (Å²) in [5, 5.41) is 3.18. The van der Waals surface area contributed by atoms with Gasteiger partial charge in [0.1, 0.15) is 5.54 Å². The molecule has 1 heterocycles. The molecule has 0 aromatic rings. The van der Waals surface area contributed by atoms with Crippen molar-refractivity contribution < 1.29 is 9.59 Å². The van der Waals surface area contributed by atoms with Crippen molar-refractivity contribution >= 4 is 11.8 Å². The minimum atomic E-state index is -0.618. The molecule has 0 aromatic carbocycles. The molecule has 0 radical (unpaired) electrons.